The Hall–Kier alpha value is -9.92. The molecule has 0 atom stereocenters. The first-order chi connectivity index (χ1) is 39.1. The van der Waals surface area contributed by atoms with Crippen LogP contribution in [0.2, 0.25) is 0 Å². The molecule has 0 unspecified atom stereocenters. The van der Waals surface area contributed by atoms with Crippen molar-refractivity contribution < 1.29 is 4.42 Å². The highest BCUT2D eigenvalue weighted by molar-refractivity contribution is 7.26. The Kier molecular flexibility index (Phi) is 9.68. The Bertz CT molecular complexity index is 4940. The highest BCUT2D eigenvalue weighted by Gasteiger charge is 2.22. The number of furan rings is 1. The standard InChI is InChI=1S/C72H44N4OS2/c1-5-17-45(18-6-1)73(49-31-35-65-57(37-49)53-25-13-15-27-63(53)75(65)47-21-9-3-10-22-47)51-29-33-55-61-41-67-59(43-71(61)78-69(55)39-51)60-44-72-62(42-68(60)77-67)56-34-30-52(40-70(56)79-72)74(46-19-7-2-8-20-46)50-32-36-66-58(38-50)54-26-14-16-28-64(54)76(66)48-23-11-4-12-24-48/h1-44H. The van der Waals surface area contributed by atoms with Crippen molar-refractivity contribution in [1.29, 1.82) is 0 Å². The van der Waals surface area contributed by atoms with Crippen molar-refractivity contribution >= 4 is 163 Å². The maximum Gasteiger partial charge on any atom is 0.136 e. The molecule has 0 bridgehead atoms. The molecular weight excluding hydrogens is 1000 g/mol. The molecule has 5 aromatic heterocycles. The van der Waals surface area contributed by atoms with E-state index < -0.39 is 0 Å². The Balaban J connectivity index is 0.755. The Morgan fingerprint density at radius 3 is 1.04 bits per heavy atom. The van der Waals surface area contributed by atoms with Gasteiger partial charge in [-0.15, -0.1) is 22.7 Å². The third-order valence-electron chi connectivity index (χ3n) is 16.0. The molecule has 0 N–H and O–H groups in total. The van der Waals surface area contributed by atoms with Crippen LogP contribution in [0.4, 0.5) is 34.1 Å². The molecule has 79 heavy (non-hydrogen) atoms. The number of benzene rings is 12. The molecule has 0 aliphatic rings. The van der Waals surface area contributed by atoms with E-state index in [1.807, 2.05) is 22.7 Å². The highest BCUT2D eigenvalue weighted by atomic mass is 32.1. The SMILES string of the molecule is c1ccc(N(c2ccc3c(c2)sc2cc4c(cc23)oc2cc3c(cc24)sc2cc(N(c4ccccc4)c4ccc5c(c4)c4ccccc4n5-c4ccccc4)ccc23)c2ccc3c(c2)c2ccccc2n3-c2ccccc2)cc1. The molecular formula is C72H44N4OS2. The van der Waals surface area contributed by atoms with Gasteiger partial charge in [-0.25, -0.2) is 0 Å². The van der Waals surface area contributed by atoms with Gasteiger partial charge >= 0.3 is 0 Å². The zero-order valence-electron chi connectivity index (χ0n) is 42.4. The third kappa shape index (κ3) is 6.87. The molecule has 0 fully saturated rings. The Morgan fingerprint density at radius 1 is 0.241 bits per heavy atom. The van der Waals surface area contributed by atoms with E-state index in [0.29, 0.717) is 0 Å². The fourth-order valence-electron chi connectivity index (χ4n) is 12.5. The number of anilines is 6. The van der Waals surface area contributed by atoms with Gasteiger partial charge in [-0.3, -0.25) is 0 Å². The minimum atomic E-state index is 0.909. The number of para-hydroxylation sites is 6. The summed E-state index contributed by atoms with van der Waals surface area (Å²) < 4.78 is 16.5. The molecule has 0 radical (unpaired) electrons. The molecule has 370 valence electrons. The fourth-order valence-corrected chi connectivity index (χ4v) is 14.8. The van der Waals surface area contributed by atoms with Gasteiger partial charge in [0, 0.05) is 118 Å². The molecule has 5 heterocycles. The molecule has 0 spiro atoms. The highest BCUT2D eigenvalue weighted by Crippen LogP contribution is 2.48. The van der Waals surface area contributed by atoms with Crippen LogP contribution >= 0.6 is 22.7 Å². The summed E-state index contributed by atoms with van der Waals surface area (Å²) in [6.45, 7) is 0. The van der Waals surface area contributed by atoms with Crippen LogP contribution in [0.3, 0.4) is 0 Å². The molecule has 0 aliphatic carbocycles. The van der Waals surface area contributed by atoms with Crippen molar-refractivity contribution in [3.05, 3.63) is 267 Å². The Morgan fingerprint density at radius 2 is 0.595 bits per heavy atom. The average Bonchev–Trinajstić information content (AvgIpc) is 4.51. The van der Waals surface area contributed by atoms with Crippen LogP contribution in [0.15, 0.2) is 271 Å². The van der Waals surface area contributed by atoms with Crippen molar-refractivity contribution in [2.45, 2.75) is 0 Å². The molecule has 17 aromatic rings. The van der Waals surface area contributed by atoms with Gasteiger partial charge in [-0.2, -0.15) is 0 Å². The van der Waals surface area contributed by atoms with Crippen LogP contribution in [0.1, 0.15) is 0 Å². The van der Waals surface area contributed by atoms with Crippen LogP contribution in [-0.2, 0) is 0 Å². The van der Waals surface area contributed by atoms with Gasteiger partial charge in [0.05, 0.1) is 22.1 Å². The van der Waals surface area contributed by atoms with Gasteiger partial charge < -0.3 is 23.4 Å². The molecule has 17 rings (SSSR count). The third-order valence-corrected chi connectivity index (χ3v) is 18.3. The fraction of sp³-hybridized carbons (Fsp3) is 0. The monoisotopic (exact) mass is 1040 g/mol. The molecule has 0 saturated carbocycles. The number of fused-ring (bicyclic) bond motifs is 15. The molecule has 5 nitrogen and oxygen atoms in total. The summed E-state index contributed by atoms with van der Waals surface area (Å²) in [5.41, 5.74) is 15.5. The van der Waals surface area contributed by atoms with E-state index in [1.54, 1.807) is 0 Å². The zero-order chi connectivity index (χ0) is 51.7. The molecule has 7 heteroatoms. The van der Waals surface area contributed by atoms with E-state index >= 15 is 0 Å². The maximum absolute atomic E-state index is 6.84. The van der Waals surface area contributed by atoms with Crippen molar-refractivity contribution in [3.8, 4) is 11.4 Å². The van der Waals surface area contributed by atoms with Crippen molar-refractivity contribution in [1.82, 2.24) is 9.13 Å². The summed E-state index contributed by atoms with van der Waals surface area (Å²) in [6, 6.07) is 97.2. The average molecular weight is 1050 g/mol. The van der Waals surface area contributed by atoms with Gasteiger partial charge in [-0.05, 0) is 146 Å². The summed E-state index contributed by atoms with van der Waals surface area (Å²) in [7, 11) is 0. The molecule has 12 aromatic carbocycles. The van der Waals surface area contributed by atoms with Crippen LogP contribution in [0.5, 0.6) is 0 Å². The lowest BCUT2D eigenvalue weighted by Gasteiger charge is -2.25. The first-order valence-corrected chi connectivity index (χ1v) is 28.3. The van der Waals surface area contributed by atoms with Crippen molar-refractivity contribution in [3.63, 3.8) is 0 Å². The van der Waals surface area contributed by atoms with Crippen molar-refractivity contribution in [2.75, 3.05) is 9.80 Å². The maximum atomic E-state index is 6.84. The predicted octanol–water partition coefficient (Wildman–Crippen LogP) is 21.5. The van der Waals surface area contributed by atoms with E-state index in [1.165, 1.54) is 84.0 Å². The summed E-state index contributed by atoms with van der Waals surface area (Å²) in [5, 5.41) is 12.1. The summed E-state index contributed by atoms with van der Waals surface area (Å²) in [4.78, 5) is 4.78. The second-order valence-electron chi connectivity index (χ2n) is 20.5. The van der Waals surface area contributed by atoms with E-state index in [0.717, 1.165) is 67.4 Å². The lowest BCUT2D eigenvalue weighted by atomic mass is 10.1. The summed E-state index contributed by atoms with van der Waals surface area (Å²) in [6.07, 6.45) is 0. The predicted molar refractivity (Wildman–Crippen MR) is 338 cm³/mol. The summed E-state index contributed by atoms with van der Waals surface area (Å²) >= 11 is 3.70. The van der Waals surface area contributed by atoms with Crippen LogP contribution < -0.4 is 9.80 Å². The minimum Gasteiger partial charge on any atom is -0.456 e. The first kappa shape index (κ1) is 44.2. The number of aromatic nitrogens is 2. The largest absolute Gasteiger partial charge is 0.456 e. The lowest BCUT2D eigenvalue weighted by molar-refractivity contribution is 0.670. The van der Waals surface area contributed by atoms with Crippen LogP contribution in [-0.4, -0.2) is 9.13 Å². The van der Waals surface area contributed by atoms with E-state index in [2.05, 4.69) is 286 Å². The van der Waals surface area contributed by atoms with E-state index in [-0.39, 0.29) is 0 Å². The minimum absolute atomic E-state index is 0.909. The van der Waals surface area contributed by atoms with Crippen LogP contribution in [0, 0.1) is 0 Å². The Labute approximate surface area is 461 Å². The number of hydrogen-bond acceptors (Lipinski definition) is 5. The number of rotatable bonds is 8. The quantitative estimate of drug-likeness (QED) is 0.152. The smallest absolute Gasteiger partial charge is 0.136 e. The van der Waals surface area contributed by atoms with Crippen molar-refractivity contribution in [2.24, 2.45) is 0 Å². The first-order valence-electron chi connectivity index (χ1n) is 26.7. The number of thiophene rings is 2. The summed E-state index contributed by atoms with van der Waals surface area (Å²) in [5.74, 6) is 0. The second kappa shape index (κ2) is 17.3. The number of nitrogens with zero attached hydrogens (tertiary/aromatic N) is 4. The zero-order valence-corrected chi connectivity index (χ0v) is 44.1. The topological polar surface area (TPSA) is 29.5 Å². The molecule has 0 saturated heterocycles. The van der Waals surface area contributed by atoms with E-state index in [9.17, 15) is 0 Å². The number of hydrogen-bond donors (Lipinski definition) is 0. The normalized spacial score (nSPS) is 12.1. The van der Waals surface area contributed by atoms with E-state index in [4.69, 9.17) is 4.42 Å². The lowest BCUT2D eigenvalue weighted by Crippen LogP contribution is -2.09. The van der Waals surface area contributed by atoms with Gasteiger partial charge in [0.2, 0.25) is 0 Å². The van der Waals surface area contributed by atoms with Gasteiger partial charge in [0.15, 0.2) is 0 Å². The van der Waals surface area contributed by atoms with Gasteiger partial charge in [0.1, 0.15) is 11.2 Å². The van der Waals surface area contributed by atoms with Gasteiger partial charge in [-0.1, -0.05) is 121 Å². The molecule has 0 amide bonds. The van der Waals surface area contributed by atoms with Gasteiger partial charge in [0.25, 0.3) is 0 Å². The van der Waals surface area contributed by atoms with Crippen LogP contribution in [0.25, 0.3) is 117 Å². The molecule has 0 aliphatic heterocycles. The second-order valence-corrected chi connectivity index (χ2v) is 22.6.